The molecule has 0 fully saturated rings. The molecule has 0 radical (unpaired) electrons. The molecule has 61 heavy (non-hydrogen) atoms. The Bertz CT molecular complexity index is 2360. The molecule has 2 atom stereocenters. The quantitative estimate of drug-likeness (QED) is 0.0880. The number of rotatable bonds is 14. The second-order valence-corrected chi connectivity index (χ2v) is 16.5. The van der Waals surface area contributed by atoms with Gasteiger partial charge < -0.3 is 19.7 Å². The summed E-state index contributed by atoms with van der Waals surface area (Å²) in [6.45, 7) is 16.4. The Kier molecular flexibility index (Phi) is 13.5. The van der Waals surface area contributed by atoms with Crippen LogP contribution < -0.4 is 5.73 Å². The summed E-state index contributed by atoms with van der Waals surface area (Å²) >= 11 is 0. The van der Waals surface area contributed by atoms with Gasteiger partial charge in [0.05, 0.1) is 18.3 Å². The van der Waals surface area contributed by atoms with Gasteiger partial charge in [0, 0.05) is 24.9 Å². The summed E-state index contributed by atoms with van der Waals surface area (Å²) in [7, 11) is 0. The normalized spacial score (nSPS) is 12.6. The summed E-state index contributed by atoms with van der Waals surface area (Å²) in [5.41, 5.74) is 14.1. The maximum atomic E-state index is 7.72. The van der Waals surface area contributed by atoms with Crippen molar-refractivity contribution in [2.24, 2.45) is 17.6 Å². The molecule has 2 aromatic heterocycles. The van der Waals surface area contributed by atoms with Crippen LogP contribution >= 0.6 is 0 Å². The second-order valence-electron chi connectivity index (χ2n) is 16.5. The van der Waals surface area contributed by atoms with Crippen LogP contribution in [0.3, 0.4) is 0 Å². The molecule has 0 spiro atoms. The zero-order valence-electron chi connectivity index (χ0n) is 35.7. The molecule has 0 saturated heterocycles. The number of benzene rings is 6. The average molecular weight is 801 g/mol. The summed E-state index contributed by atoms with van der Waals surface area (Å²) in [4.78, 5) is 13.4. The fraction of sp³-hybridized carbons (Fsp3) is 0.218. The minimum absolute atomic E-state index is 0.0775. The molecular formula is C55H56N6. The SMILES string of the molecule is CC(C)CC(N)c1cn(C(c2ccccc2)(c2ccccc2)c2ccccc2)cn1.[C-]#[N+]C(CC(C)C)c1cn(C(c2ccccc2)(c2ccccc2)c2ccccc2)cn1. The van der Waals surface area contributed by atoms with Crippen LogP contribution in [0.2, 0.25) is 0 Å². The van der Waals surface area contributed by atoms with Gasteiger partial charge in [-0.25, -0.2) is 16.5 Å². The van der Waals surface area contributed by atoms with Crippen LogP contribution in [0.4, 0.5) is 0 Å². The van der Waals surface area contributed by atoms with Crippen LogP contribution in [0.25, 0.3) is 4.85 Å². The van der Waals surface area contributed by atoms with E-state index in [1.807, 2.05) is 30.9 Å². The molecule has 0 saturated carbocycles. The smallest absolute Gasteiger partial charge is 0.266 e. The Balaban J connectivity index is 0.000000184. The van der Waals surface area contributed by atoms with Crippen molar-refractivity contribution >= 4 is 0 Å². The lowest BCUT2D eigenvalue weighted by atomic mass is 9.77. The predicted octanol–water partition coefficient (Wildman–Crippen LogP) is 12.5. The molecule has 0 aliphatic carbocycles. The summed E-state index contributed by atoms with van der Waals surface area (Å²) in [6, 6.07) is 63.2. The van der Waals surface area contributed by atoms with E-state index in [9.17, 15) is 0 Å². The highest BCUT2D eigenvalue weighted by molar-refractivity contribution is 5.52. The lowest BCUT2D eigenvalue weighted by molar-refractivity contribution is 0.497. The van der Waals surface area contributed by atoms with Gasteiger partial charge in [0.2, 0.25) is 0 Å². The maximum absolute atomic E-state index is 7.72. The molecule has 6 aromatic carbocycles. The molecule has 2 unspecified atom stereocenters. The highest BCUT2D eigenvalue weighted by Gasteiger charge is 2.40. The fourth-order valence-electron chi connectivity index (χ4n) is 8.69. The first kappa shape index (κ1) is 42.3. The summed E-state index contributed by atoms with van der Waals surface area (Å²) in [5, 5.41) is 0. The molecule has 2 heterocycles. The monoisotopic (exact) mass is 800 g/mol. The molecular weight excluding hydrogens is 745 g/mol. The van der Waals surface area contributed by atoms with E-state index in [-0.39, 0.29) is 12.1 Å². The van der Waals surface area contributed by atoms with Crippen molar-refractivity contribution in [1.29, 1.82) is 0 Å². The largest absolute Gasteiger partial charge is 0.323 e. The minimum Gasteiger partial charge on any atom is -0.323 e. The highest BCUT2D eigenvalue weighted by atomic mass is 15.1. The van der Waals surface area contributed by atoms with Gasteiger partial charge in [0.1, 0.15) is 16.8 Å². The number of nitrogens with zero attached hydrogens (tertiary/aromatic N) is 5. The van der Waals surface area contributed by atoms with Crippen LogP contribution in [-0.2, 0) is 11.1 Å². The van der Waals surface area contributed by atoms with Crippen molar-refractivity contribution in [3.05, 3.63) is 263 Å². The summed E-state index contributed by atoms with van der Waals surface area (Å²) in [6.07, 6.45) is 9.73. The zero-order chi connectivity index (χ0) is 42.7. The predicted molar refractivity (Wildman–Crippen MR) is 249 cm³/mol. The minimum atomic E-state index is -0.584. The van der Waals surface area contributed by atoms with E-state index in [4.69, 9.17) is 22.3 Å². The molecule has 0 aliphatic rings. The van der Waals surface area contributed by atoms with E-state index < -0.39 is 11.1 Å². The molecule has 306 valence electrons. The number of hydrogen-bond donors (Lipinski definition) is 1. The van der Waals surface area contributed by atoms with Crippen LogP contribution in [0.1, 0.15) is 97.4 Å². The van der Waals surface area contributed by atoms with E-state index in [1.54, 1.807) is 0 Å². The molecule has 8 aromatic rings. The molecule has 6 nitrogen and oxygen atoms in total. The Morgan fingerprint density at radius 3 is 1.02 bits per heavy atom. The third-order valence-corrected chi connectivity index (χ3v) is 11.4. The topological polar surface area (TPSA) is 66.0 Å². The van der Waals surface area contributed by atoms with Gasteiger partial charge in [-0.15, -0.1) is 0 Å². The van der Waals surface area contributed by atoms with Crippen molar-refractivity contribution < 1.29 is 0 Å². The van der Waals surface area contributed by atoms with Crippen molar-refractivity contribution in [2.45, 2.75) is 63.7 Å². The molecule has 0 bridgehead atoms. The van der Waals surface area contributed by atoms with Gasteiger partial charge in [0.15, 0.2) is 0 Å². The van der Waals surface area contributed by atoms with Crippen molar-refractivity contribution in [1.82, 2.24) is 19.1 Å². The third kappa shape index (κ3) is 8.89. The second kappa shape index (κ2) is 19.5. The number of hydrogen-bond acceptors (Lipinski definition) is 3. The Morgan fingerprint density at radius 1 is 0.459 bits per heavy atom. The number of imidazole rings is 2. The first-order chi connectivity index (χ1) is 29.8. The van der Waals surface area contributed by atoms with E-state index in [1.165, 1.54) is 16.7 Å². The van der Waals surface area contributed by atoms with Gasteiger partial charge >= 0.3 is 0 Å². The van der Waals surface area contributed by atoms with Gasteiger partial charge in [-0.2, -0.15) is 0 Å². The van der Waals surface area contributed by atoms with Crippen molar-refractivity contribution in [3.8, 4) is 0 Å². The average Bonchev–Trinajstić information content (AvgIpc) is 4.01. The first-order valence-corrected chi connectivity index (χ1v) is 21.3. The van der Waals surface area contributed by atoms with E-state index in [0.29, 0.717) is 11.8 Å². The number of nitrogens with two attached hydrogens (primary N) is 1. The lowest BCUT2D eigenvalue weighted by Crippen LogP contribution is -2.37. The number of aromatic nitrogens is 4. The van der Waals surface area contributed by atoms with Gasteiger partial charge in [-0.1, -0.05) is 210 Å². The Hall–Kier alpha value is -6.81. The third-order valence-electron chi connectivity index (χ3n) is 11.4. The maximum Gasteiger partial charge on any atom is 0.266 e. The van der Waals surface area contributed by atoms with Crippen LogP contribution in [0.5, 0.6) is 0 Å². The Labute approximate surface area is 362 Å². The van der Waals surface area contributed by atoms with Crippen LogP contribution in [-0.4, -0.2) is 19.1 Å². The summed E-state index contributed by atoms with van der Waals surface area (Å²) < 4.78 is 4.41. The van der Waals surface area contributed by atoms with Gasteiger partial charge in [-0.3, -0.25) is 0 Å². The van der Waals surface area contributed by atoms with E-state index in [0.717, 1.165) is 40.9 Å². The van der Waals surface area contributed by atoms with E-state index in [2.05, 4.69) is 218 Å². The first-order valence-electron chi connectivity index (χ1n) is 21.3. The fourth-order valence-corrected chi connectivity index (χ4v) is 8.69. The lowest BCUT2D eigenvalue weighted by Gasteiger charge is -2.37. The molecule has 6 heteroatoms. The highest BCUT2D eigenvalue weighted by Crippen LogP contribution is 2.43. The van der Waals surface area contributed by atoms with E-state index >= 15 is 0 Å². The Morgan fingerprint density at radius 2 is 0.738 bits per heavy atom. The van der Waals surface area contributed by atoms with Gasteiger partial charge in [-0.05, 0) is 51.6 Å². The van der Waals surface area contributed by atoms with Crippen LogP contribution in [0, 0.1) is 18.4 Å². The molecule has 0 amide bonds. The van der Waals surface area contributed by atoms with Crippen LogP contribution in [0.15, 0.2) is 207 Å². The van der Waals surface area contributed by atoms with Crippen molar-refractivity contribution in [3.63, 3.8) is 0 Å². The zero-order valence-corrected chi connectivity index (χ0v) is 35.7. The summed E-state index contributed by atoms with van der Waals surface area (Å²) in [5.74, 6) is 0.957. The molecule has 0 aliphatic heterocycles. The molecule has 8 rings (SSSR count). The molecule has 2 N–H and O–H groups in total. The standard InChI is InChI=1S/C28H27N3.C27H29N3/c1-22(2)19-26(29-3)27-20-31(21-30-27)28(23-13-7-4-8-14-23,24-15-9-5-10-16-24)25-17-11-6-12-18-25;1-21(2)18-25(28)26-19-30(20-29-26)27(22-12-6-3-7-13-22,23-14-8-4-9-15-23)24-16-10-5-11-17-24/h4-18,20-22,26H,19H2,1-2H3;3-17,19-21,25H,18,28H2,1-2H3. The van der Waals surface area contributed by atoms with Crippen molar-refractivity contribution in [2.75, 3.05) is 0 Å². The van der Waals surface area contributed by atoms with Gasteiger partial charge in [0.25, 0.3) is 6.04 Å².